The van der Waals surface area contributed by atoms with Crippen molar-refractivity contribution in [2.75, 3.05) is 23.8 Å². The van der Waals surface area contributed by atoms with E-state index in [4.69, 9.17) is 26.1 Å². The van der Waals surface area contributed by atoms with Crippen LogP contribution in [0.4, 0.5) is 11.4 Å². The van der Waals surface area contributed by atoms with E-state index < -0.39 is 11.3 Å². The van der Waals surface area contributed by atoms with E-state index in [2.05, 4.69) is 15.8 Å². The molecule has 0 heterocycles. The third kappa shape index (κ3) is 8.93. The van der Waals surface area contributed by atoms with Crippen LogP contribution in [0.5, 0.6) is 11.5 Å². The lowest BCUT2D eigenvalue weighted by Crippen LogP contribution is -2.48. The van der Waals surface area contributed by atoms with E-state index in [-0.39, 0.29) is 50.6 Å². The third-order valence-corrected chi connectivity index (χ3v) is 6.79. The molecule has 3 aromatic carbocycles. The Kier molecular flexibility index (Phi) is 11.7. The number of ether oxygens (including phenoxy) is 2. The average Bonchev–Trinajstić information content (AvgIpc) is 2.99. The number of hydrogen-bond donors (Lipinski definition) is 7. The Morgan fingerprint density at radius 2 is 1.77 bits per heavy atom. The van der Waals surface area contributed by atoms with Crippen molar-refractivity contribution in [3.05, 3.63) is 82.4 Å². The first-order valence-electron chi connectivity index (χ1n) is 14.1. The van der Waals surface area contributed by atoms with Gasteiger partial charge in [0.05, 0.1) is 23.8 Å². The molecule has 0 radical (unpaired) electrons. The molecular formula is C32H41N5O7. The molecule has 0 fully saturated rings. The van der Waals surface area contributed by atoms with Gasteiger partial charge in [-0.2, -0.15) is 0 Å². The molecule has 0 aliphatic carbocycles. The number of oxime groups is 1. The number of carbonyl (C=O) groups excluding carboxylic acids is 2. The predicted molar refractivity (Wildman–Crippen MR) is 168 cm³/mol. The van der Waals surface area contributed by atoms with Gasteiger partial charge in [-0.1, -0.05) is 16.8 Å². The summed E-state index contributed by atoms with van der Waals surface area (Å²) in [7, 11) is 0. The summed E-state index contributed by atoms with van der Waals surface area (Å²) >= 11 is 0. The van der Waals surface area contributed by atoms with Gasteiger partial charge < -0.3 is 47.0 Å². The van der Waals surface area contributed by atoms with Gasteiger partial charge in [0, 0.05) is 35.7 Å². The van der Waals surface area contributed by atoms with E-state index >= 15 is 0 Å². The molecule has 1 atom stereocenters. The summed E-state index contributed by atoms with van der Waals surface area (Å²) in [5, 5.41) is 37.2. The molecule has 1 unspecified atom stereocenters. The maximum absolute atomic E-state index is 13.4. The van der Waals surface area contributed by atoms with Crippen molar-refractivity contribution in [1.29, 1.82) is 0 Å². The summed E-state index contributed by atoms with van der Waals surface area (Å²) in [4.78, 5) is 26.2. The van der Waals surface area contributed by atoms with Gasteiger partial charge in [0.2, 0.25) is 0 Å². The zero-order valence-corrected chi connectivity index (χ0v) is 25.4. The smallest absolute Gasteiger partial charge is 0.257 e. The number of benzene rings is 3. The van der Waals surface area contributed by atoms with Crippen LogP contribution in [0.25, 0.3) is 0 Å². The molecule has 1 amide bonds. The van der Waals surface area contributed by atoms with Crippen LogP contribution < -0.4 is 31.6 Å². The normalized spacial score (nSPS) is 12.9. The molecule has 9 N–H and O–H groups in total. The van der Waals surface area contributed by atoms with Crippen LogP contribution in [-0.2, 0) is 17.9 Å². The van der Waals surface area contributed by atoms with Crippen LogP contribution in [-0.4, -0.2) is 57.8 Å². The van der Waals surface area contributed by atoms with E-state index in [1.165, 1.54) is 6.92 Å². The second kappa shape index (κ2) is 15.2. The van der Waals surface area contributed by atoms with Crippen molar-refractivity contribution in [1.82, 2.24) is 0 Å². The minimum absolute atomic E-state index is 0.0461. The van der Waals surface area contributed by atoms with Gasteiger partial charge in [0.1, 0.15) is 6.61 Å². The van der Waals surface area contributed by atoms with Gasteiger partial charge in [-0.05, 0) is 88.2 Å². The van der Waals surface area contributed by atoms with Crippen molar-refractivity contribution in [2.24, 2.45) is 16.6 Å². The molecule has 3 aromatic rings. The minimum Gasteiger partial charge on any atom is -0.487 e. The second-order valence-corrected chi connectivity index (χ2v) is 10.9. The maximum atomic E-state index is 13.4. The fraction of sp³-hybridized carbons (Fsp3) is 0.344. The van der Waals surface area contributed by atoms with Crippen LogP contribution in [0.15, 0.2) is 59.8 Å². The Labute approximate surface area is 256 Å². The van der Waals surface area contributed by atoms with Gasteiger partial charge in [-0.15, -0.1) is 0 Å². The Morgan fingerprint density at radius 3 is 2.39 bits per heavy atom. The molecule has 0 saturated carbocycles. The summed E-state index contributed by atoms with van der Waals surface area (Å²) in [6.45, 7) is 6.39. The molecule has 3 rings (SSSR count). The lowest BCUT2D eigenvalue weighted by Gasteiger charge is -2.24. The average molecular weight is 608 g/mol. The van der Waals surface area contributed by atoms with Gasteiger partial charge in [0.25, 0.3) is 5.91 Å². The van der Waals surface area contributed by atoms with Crippen LogP contribution in [0.2, 0.25) is 0 Å². The van der Waals surface area contributed by atoms with Crippen LogP contribution in [0.1, 0.15) is 59.8 Å². The number of nitrogens with zero attached hydrogens (tertiary/aromatic N) is 1. The van der Waals surface area contributed by atoms with Crippen molar-refractivity contribution in [3.8, 4) is 11.5 Å². The Bertz CT molecular complexity index is 1490. The highest BCUT2D eigenvalue weighted by molar-refractivity contribution is 6.08. The zero-order valence-electron chi connectivity index (χ0n) is 25.4. The number of hydrogen-bond acceptors (Lipinski definition) is 10. The number of aliphatic hydroxyl groups excluding tert-OH is 2. The Hall–Kier alpha value is -4.65. The molecule has 12 heteroatoms. The number of anilines is 2. The third-order valence-electron chi connectivity index (χ3n) is 6.79. The summed E-state index contributed by atoms with van der Waals surface area (Å²) in [5.74, 6) is -0.178. The van der Waals surface area contributed by atoms with Gasteiger partial charge >= 0.3 is 0 Å². The molecule has 0 aliphatic rings. The van der Waals surface area contributed by atoms with Crippen molar-refractivity contribution >= 4 is 28.9 Å². The highest BCUT2D eigenvalue weighted by Gasteiger charge is 2.29. The highest BCUT2D eigenvalue weighted by atomic mass is 16.5. The van der Waals surface area contributed by atoms with Crippen LogP contribution in [0, 0.1) is 6.92 Å². The van der Waals surface area contributed by atoms with Crippen LogP contribution in [0.3, 0.4) is 0 Å². The summed E-state index contributed by atoms with van der Waals surface area (Å²) in [6, 6.07) is 15.3. The number of amides is 1. The number of Topliss-reactive ketones (excluding diaryl/α,β-unsaturated/α-hetero) is 1. The molecule has 12 nitrogen and oxygen atoms in total. The number of nitrogens with one attached hydrogen (secondary N) is 2. The van der Waals surface area contributed by atoms with E-state index in [0.717, 1.165) is 5.56 Å². The van der Waals surface area contributed by atoms with Crippen LogP contribution >= 0.6 is 0 Å². The van der Waals surface area contributed by atoms with Crippen molar-refractivity contribution < 1.29 is 34.5 Å². The summed E-state index contributed by atoms with van der Waals surface area (Å²) in [5.41, 5.74) is 14.4. The summed E-state index contributed by atoms with van der Waals surface area (Å²) in [6.07, 6.45) is -0.152. The molecule has 236 valence electrons. The van der Waals surface area contributed by atoms with E-state index in [9.17, 15) is 19.8 Å². The molecule has 0 aliphatic heterocycles. The van der Waals surface area contributed by atoms with Gasteiger partial charge in [-0.25, -0.2) is 0 Å². The molecule has 0 bridgehead atoms. The lowest BCUT2D eigenvalue weighted by atomic mass is 9.94. The number of carbonyl (C=O) groups is 2. The Morgan fingerprint density at radius 1 is 1.07 bits per heavy atom. The van der Waals surface area contributed by atoms with E-state index in [1.807, 2.05) is 26.8 Å². The topological polar surface area (TPSA) is 202 Å². The SMILES string of the molecule is Cc1ccc(NCc2cc(CO)cc(OC(C)C)c2OCC(=O)C(C)(N)CCO)c(C(=O)Nc2ccc(/C(N)=N/O)cc2)c1. The molecule has 0 aromatic heterocycles. The van der Waals surface area contributed by atoms with Crippen molar-refractivity contribution in [2.45, 2.75) is 58.9 Å². The largest absolute Gasteiger partial charge is 0.487 e. The zero-order chi connectivity index (χ0) is 32.4. The van der Waals surface area contributed by atoms with Gasteiger partial charge in [0.15, 0.2) is 23.1 Å². The summed E-state index contributed by atoms with van der Waals surface area (Å²) < 4.78 is 12.0. The predicted octanol–water partition coefficient (Wildman–Crippen LogP) is 3.28. The molecule has 0 saturated heterocycles. The monoisotopic (exact) mass is 607 g/mol. The number of aliphatic hydroxyl groups is 2. The number of ketones is 1. The van der Waals surface area contributed by atoms with E-state index in [0.29, 0.717) is 45.1 Å². The fourth-order valence-electron chi connectivity index (χ4n) is 4.30. The van der Waals surface area contributed by atoms with Gasteiger partial charge in [-0.3, -0.25) is 9.59 Å². The molecular weight excluding hydrogens is 566 g/mol. The second-order valence-electron chi connectivity index (χ2n) is 10.9. The number of amidine groups is 1. The highest BCUT2D eigenvalue weighted by Crippen LogP contribution is 2.35. The first kappa shape index (κ1) is 33.8. The number of rotatable bonds is 15. The Balaban J connectivity index is 1.90. The lowest BCUT2D eigenvalue weighted by molar-refractivity contribution is -0.126. The molecule has 0 spiro atoms. The van der Waals surface area contributed by atoms with E-state index in [1.54, 1.807) is 48.5 Å². The molecule has 44 heavy (non-hydrogen) atoms. The first-order chi connectivity index (χ1) is 20.9. The maximum Gasteiger partial charge on any atom is 0.257 e. The number of aryl methyl sites for hydroxylation is 1. The fourth-order valence-corrected chi connectivity index (χ4v) is 4.30. The standard InChI is InChI=1S/C32H41N5O7/c1-19(2)44-27-15-21(17-39)14-23(29(27)43-18-28(40)32(4,34)11-12-38)16-35-26-10-5-20(3)13-25(26)31(41)36-24-8-6-22(7-9-24)30(33)37-42/h5-10,13-15,19,35,38-39,42H,11-12,16-18,34H2,1-4H3,(H2,33,37)(H,36,41). The van der Waals surface area contributed by atoms with Crippen molar-refractivity contribution in [3.63, 3.8) is 0 Å². The minimum atomic E-state index is -1.28. The number of nitrogens with two attached hydrogens (primary N) is 2. The first-order valence-corrected chi connectivity index (χ1v) is 14.1. The quantitative estimate of drug-likeness (QED) is 0.0582.